The lowest BCUT2D eigenvalue weighted by atomic mass is 10.2. The molecule has 0 radical (unpaired) electrons. The number of hydrogen-bond donors (Lipinski definition) is 1. The van der Waals surface area contributed by atoms with Gasteiger partial charge in [0.1, 0.15) is 15.5 Å². The summed E-state index contributed by atoms with van der Waals surface area (Å²) in [6.45, 7) is 2.92. The molecule has 0 saturated heterocycles. The standard InChI is InChI=1S/C11H15NO5S/c1-7(6-18(3,16)17)12-5-9(8(2)13)4-10(12)11(14)15/h4-5,7H,6H2,1-3H3,(H,14,15). The van der Waals surface area contributed by atoms with Crippen LogP contribution < -0.4 is 0 Å². The smallest absolute Gasteiger partial charge is 0.352 e. The van der Waals surface area contributed by atoms with Gasteiger partial charge >= 0.3 is 5.97 Å². The van der Waals surface area contributed by atoms with Gasteiger partial charge in [0.2, 0.25) is 0 Å². The Balaban J connectivity index is 3.21. The van der Waals surface area contributed by atoms with E-state index in [4.69, 9.17) is 5.11 Å². The number of rotatable bonds is 5. The summed E-state index contributed by atoms with van der Waals surface area (Å²) in [5.41, 5.74) is 0.170. The maximum absolute atomic E-state index is 11.2. The minimum Gasteiger partial charge on any atom is -0.477 e. The molecule has 0 bridgehead atoms. The highest BCUT2D eigenvalue weighted by atomic mass is 32.2. The molecule has 1 N–H and O–H groups in total. The van der Waals surface area contributed by atoms with Crippen molar-refractivity contribution in [1.82, 2.24) is 4.57 Å². The molecule has 1 heterocycles. The van der Waals surface area contributed by atoms with Gasteiger partial charge in [0, 0.05) is 24.1 Å². The van der Waals surface area contributed by atoms with Crippen LogP contribution in [0.25, 0.3) is 0 Å². The molecule has 0 fully saturated rings. The van der Waals surface area contributed by atoms with E-state index < -0.39 is 21.8 Å². The van der Waals surface area contributed by atoms with Crippen molar-refractivity contribution < 1.29 is 23.1 Å². The van der Waals surface area contributed by atoms with Crippen LogP contribution in [0.2, 0.25) is 0 Å². The van der Waals surface area contributed by atoms with Crippen LogP contribution in [0.1, 0.15) is 40.7 Å². The first kappa shape index (κ1) is 14.4. The van der Waals surface area contributed by atoms with Crippen molar-refractivity contribution in [3.63, 3.8) is 0 Å². The van der Waals surface area contributed by atoms with Gasteiger partial charge in [-0.2, -0.15) is 0 Å². The van der Waals surface area contributed by atoms with Gasteiger partial charge in [0.05, 0.1) is 5.75 Å². The monoisotopic (exact) mass is 273 g/mol. The van der Waals surface area contributed by atoms with Crippen molar-refractivity contribution >= 4 is 21.6 Å². The molecule has 1 aromatic heterocycles. The molecule has 0 aliphatic heterocycles. The molecule has 0 spiro atoms. The van der Waals surface area contributed by atoms with Gasteiger partial charge < -0.3 is 9.67 Å². The second kappa shape index (κ2) is 4.93. The minimum absolute atomic E-state index is 0.0867. The number of sulfone groups is 1. The number of ketones is 1. The number of carbonyl (C=O) groups excluding carboxylic acids is 1. The van der Waals surface area contributed by atoms with E-state index in [9.17, 15) is 18.0 Å². The number of Topliss-reactive ketones (excluding diaryl/α,β-unsaturated/α-hetero) is 1. The van der Waals surface area contributed by atoms with Crippen LogP contribution in [0.15, 0.2) is 12.3 Å². The van der Waals surface area contributed by atoms with E-state index in [1.807, 2.05) is 0 Å². The Morgan fingerprint density at radius 1 is 1.44 bits per heavy atom. The summed E-state index contributed by atoms with van der Waals surface area (Å²) < 4.78 is 23.7. The van der Waals surface area contributed by atoms with Crippen LogP contribution in [0.3, 0.4) is 0 Å². The molecule has 0 aliphatic rings. The average molecular weight is 273 g/mol. The molecular weight excluding hydrogens is 258 g/mol. The Kier molecular flexibility index (Phi) is 3.95. The lowest BCUT2D eigenvalue weighted by Gasteiger charge is -2.14. The number of aromatic nitrogens is 1. The second-order valence-electron chi connectivity index (χ2n) is 4.32. The molecule has 1 atom stereocenters. The number of aromatic carboxylic acids is 1. The van der Waals surface area contributed by atoms with Gasteiger partial charge in [0.15, 0.2) is 5.78 Å². The molecule has 0 aliphatic carbocycles. The van der Waals surface area contributed by atoms with E-state index in [0.29, 0.717) is 0 Å². The van der Waals surface area contributed by atoms with Gasteiger partial charge in [-0.25, -0.2) is 13.2 Å². The molecule has 18 heavy (non-hydrogen) atoms. The molecule has 7 heteroatoms. The maximum atomic E-state index is 11.2. The van der Waals surface area contributed by atoms with Crippen LogP contribution in [0.4, 0.5) is 0 Å². The van der Waals surface area contributed by atoms with Gasteiger partial charge in [-0.05, 0) is 19.9 Å². The third kappa shape index (κ3) is 3.43. The first-order valence-electron chi connectivity index (χ1n) is 5.25. The van der Waals surface area contributed by atoms with Crippen LogP contribution >= 0.6 is 0 Å². The first-order chi connectivity index (χ1) is 8.11. The van der Waals surface area contributed by atoms with Crippen molar-refractivity contribution in [3.8, 4) is 0 Å². The molecule has 1 aromatic rings. The molecule has 6 nitrogen and oxygen atoms in total. The highest BCUT2D eigenvalue weighted by Gasteiger charge is 2.20. The highest BCUT2D eigenvalue weighted by Crippen LogP contribution is 2.17. The van der Waals surface area contributed by atoms with E-state index in [-0.39, 0.29) is 22.8 Å². The van der Waals surface area contributed by atoms with Crippen molar-refractivity contribution in [2.75, 3.05) is 12.0 Å². The first-order valence-corrected chi connectivity index (χ1v) is 7.31. The summed E-state index contributed by atoms with van der Waals surface area (Å²) in [5.74, 6) is -1.63. The zero-order chi connectivity index (χ0) is 14.1. The van der Waals surface area contributed by atoms with Gasteiger partial charge in [-0.15, -0.1) is 0 Å². The Morgan fingerprint density at radius 2 is 2.00 bits per heavy atom. The number of hydrogen-bond acceptors (Lipinski definition) is 4. The minimum atomic E-state index is -3.22. The number of carboxylic acid groups (broad SMARTS) is 1. The summed E-state index contributed by atoms with van der Waals surface area (Å²) in [6, 6.07) is 0.711. The Morgan fingerprint density at radius 3 is 2.39 bits per heavy atom. The molecular formula is C11H15NO5S. The SMILES string of the molecule is CC(=O)c1cc(C(=O)O)n(C(C)CS(C)(=O)=O)c1. The molecule has 1 unspecified atom stereocenters. The lowest BCUT2D eigenvalue weighted by molar-refractivity contribution is 0.0683. The molecule has 1 rings (SSSR count). The van der Waals surface area contributed by atoms with Crippen molar-refractivity contribution in [2.24, 2.45) is 0 Å². The lowest BCUT2D eigenvalue weighted by Crippen LogP contribution is -2.19. The molecule has 100 valence electrons. The number of nitrogens with zero attached hydrogens (tertiary/aromatic N) is 1. The van der Waals surface area contributed by atoms with Crippen molar-refractivity contribution in [3.05, 3.63) is 23.5 Å². The second-order valence-corrected chi connectivity index (χ2v) is 6.51. The largest absolute Gasteiger partial charge is 0.477 e. The number of carbonyl (C=O) groups is 2. The Labute approximate surface area is 105 Å². The number of carboxylic acids is 1. The van der Waals surface area contributed by atoms with E-state index in [1.54, 1.807) is 6.92 Å². The van der Waals surface area contributed by atoms with Crippen LogP contribution in [-0.4, -0.2) is 41.9 Å². The summed E-state index contributed by atoms with van der Waals surface area (Å²) >= 11 is 0. The fourth-order valence-corrected chi connectivity index (χ4v) is 2.76. The Hall–Kier alpha value is -1.63. The predicted molar refractivity (Wildman–Crippen MR) is 65.8 cm³/mol. The van der Waals surface area contributed by atoms with Gasteiger partial charge in [0.25, 0.3) is 0 Å². The summed E-state index contributed by atoms with van der Waals surface area (Å²) in [4.78, 5) is 22.3. The van der Waals surface area contributed by atoms with Crippen LogP contribution in [0, 0.1) is 0 Å². The summed E-state index contributed by atoms with van der Waals surface area (Å²) in [6.07, 6.45) is 2.46. The zero-order valence-corrected chi connectivity index (χ0v) is 11.2. The third-order valence-electron chi connectivity index (χ3n) is 2.49. The van der Waals surface area contributed by atoms with Crippen molar-refractivity contribution in [1.29, 1.82) is 0 Å². The van der Waals surface area contributed by atoms with Crippen LogP contribution in [-0.2, 0) is 9.84 Å². The zero-order valence-electron chi connectivity index (χ0n) is 10.4. The average Bonchev–Trinajstić information content (AvgIpc) is 2.58. The highest BCUT2D eigenvalue weighted by molar-refractivity contribution is 7.90. The van der Waals surface area contributed by atoms with E-state index in [2.05, 4.69) is 0 Å². The fourth-order valence-electron chi connectivity index (χ4n) is 1.73. The Bertz CT molecular complexity index is 585. The topological polar surface area (TPSA) is 93.4 Å². The molecule has 0 aromatic carbocycles. The van der Waals surface area contributed by atoms with E-state index in [0.717, 1.165) is 6.26 Å². The van der Waals surface area contributed by atoms with E-state index in [1.165, 1.54) is 23.8 Å². The fraction of sp³-hybridized carbons (Fsp3) is 0.455. The summed E-state index contributed by atoms with van der Waals surface area (Å²) in [5, 5.41) is 9.03. The van der Waals surface area contributed by atoms with Crippen molar-refractivity contribution in [2.45, 2.75) is 19.9 Å². The molecule has 0 saturated carbocycles. The predicted octanol–water partition coefficient (Wildman–Crippen LogP) is 0.995. The van der Waals surface area contributed by atoms with Gasteiger partial charge in [-0.1, -0.05) is 0 Å². The third-order valence-corrected chi connectivity index (χ3v) is 3.58. The van der Waals surface area contributed by atoms with Crippen LogP contribution in [0.5, 0.6) is 0 Å². The normalized spacial score (nSPS) is 13.3. The summed E-state index contributed by atoms with van der Waals surface area (Å²) in [7, 11) is -3.22. The van der Waals surface area contributed by atoms with Gasteiger partial charge in [-0.3, -0.25) is 4.79 Å². The maximum Gasteiger partial charge on any atom is 0.352 e. The molecule has 0 amide bonds. The quantitative estimate of drug-likeness (QED) is 0.807. The van der Waals surface area contributed by atoms with E-state index >= 15 is 0 Å².